The molecular formula is C21H21FN4O2. The molecule has 144 valence electrons. The summed E-state index contributed by atoms with van der Waals surface area (Å²) in [7, 11) is 3.15. The van der Waals surface area contributed by atoms with Crippen LogP contribution in [0.25, 0.3) is 11.1 Å². The van der Waals surface area contributed by atoms with Crippen molar-refractivity contribution < 1.29 is 13.9 Å². The molecule has 0 saturated carbocycles. The summed E-state index contributed by atoms with van der Waals surface area (Å²) in [6, 6.07) is 15.3. The van der Waals surface area contributed by atoms with Crippen molar-refractivity contribution >= 4 is 11.8 Å². The second kappa shape index (κ2) is 8.39. The first kappa shape index (κ1) is 19.2. The molecule has 28 heavy (non-hydrogen) atoms. The SMILES string of the molecule is COc1cccc(OC)c1CN(C(=N)N)c1cc(-c2ccc(F)cc2)ccn1. The van der Waals surface area contributed by atoms with Crippen LogP contribution in [0.2, 0.25) is 0 Å². The summed E-state index contributed by atoms with van der Waals surface area (Å²) >= 11 is 0. The number of ether oxygens (including phenoxy) is 2. The summed E-state index contributed by atoms with van der Waals surface area (Å²) in [5.74, 6) is 1.27. The van der Waals surface area contributed by atoms with Crippen molar-refractivity contribution in [1.29, 1.82) is 5.41 Å². The lowest BCUT2D eigenvalue weighted by atomic mass is 10.1. The first-order valence-corrected chi connectivity index (χ1v) is 8.57. The van der Waals surface area contributed by atoms with E-state index in [9.17, 15) is 4.39 Å². The number of guanidine groups is 1. The average Bonchev–Trinajstić information content (AvgIpc) is 2.72. The average molecular weight is 380 g/mol. The van der Waals surface area contributed by atoms with Crippen LogP contribution in [0.3, 0.4) is 0 Å². The zero-order valence-electron chi connectivity index (χ0n) is 15.6. The van der Waals surface area contributed by atoms with Crippen molar-refractivity contribution in [1.82, 2.24) is 4.98 Å². The predicted octanol–water partition coefficient (Wildman–Crippen LogP) is 3.80. The van der Waals surface area contributed by atoms with E-state index in [1.165, 1.54) is 12.1 Å². The topological polar surface area (TPSA) is 84.5 Å². The van der Waals surface area contributed by atoms with Gasteiger partial charge in [-0.05, 0) is 47.5 Å². The maximum Gasteiger partial charge on any atom is 0.194 e. The van der Waals surface area contributed by atoms with E-state index < -0.39 is 0 Å². The monoisotopic (exact) mass is 380 g/mol. The molecule has 0 unspecified atom stereocenters. The predicted molar refractivity (Wildman–Crippen MR) is 107 cm³/mol. The third-order valence-corrected chi connectivity index (χ3v) is 4.34. The number of pyridine rings is 1. The molecule has 6 nitrogen and oxygen atoms in total. The van der Waals surface area contributed by atoms with Crippen LogP contribution < -0.4 is 20.1 Å². The number of nitrogens with two attached hydrogens (primary N) is 1. The van der Waals surface area contributed by atoms with E-state index >= 15 is 0 Å². The van der Waals surface area contributed by atoms with Crippen molar-refractivity contribution in [3.05, 3.63) is 72.2 Å². The molecule has 0 fully saturated rings. The molecule has 0 saturated heterocycles. The molecule has 1 heterocycles. The number of nitrogens with zero attached hydrogens (tertiary/aromatic N) is 2. The van der Waals surface area contributed by atoms with Crippen LogP contribution in [0.1, 0.15) is 5.56 Å². The van der Waals surface area contributed by atoms with Crippen LogP contribution in [0.4, 0.5) is 10.2 Å². The van der Waals surface area contributed by atoms with Crippen molar-refractivity contribution in [2.24, 2.45) is 5.73 Å². The number of nitrogens with one attached hydrogen (secondary N) is 1. The van der Waals surface area contributed by atoms with Crippen molar-refractivity contribution in [3.63, 3.8) is 0 Å². The van der Waals surface area contributed by atoms with Crippen molar-refractivity contribution in [2.75, 3.05) is 19.1 Å². The van der Waals surface area contributed by atoms with Crippen LogP contribution in [-0.2, 0) is 6.54 Å². The second-order valence-electron chi connectivity index (χ2n) is 6.02. The molecule has 0 atom stereocenters. The van der Waals surface area contributed by atoms with E-state index in [4.69, 9.17) is 20.6 Å². The van der Waals surface area contributed by atoms with Crippen LogP contribution in [0.15, 0.2) is 60.8 Å². The fraction of sp³-hybridized carbons (Fsp3) is 0.143. The van der Waals surface area contributed by atoms with Gasteiger partial charge in [0.05, 0.1) is 26.3 Å². The molecule has 0 radical (unpaired) electrons. The lowest BCUT2D eigenvalue weighted by Crippen LogP contribution is -2.36. The Labute approximate surface area is 162 Å². The largest absolute Gasteiger partial charge is 0.496 e. The molecule has 0 amide bonds. The molecule has 0 aliphatic heterocycles. The number of anilines is 1. The van der Waals surface area contributed by atoms with Crippen LogP contribution in [-0.4, -0.2) is 25.2 Å². The van der Waals surface area contributed by atoms with Crippen molar-refractivity contribution in [2.45, 2.75) is 6.54 Å². The summed E-state index contributed by atoms with van der Waals surface area (Å²) < 4.78 is 24.1. The standard InChI is InChI=1S/C21H21FN4O2/c1-27-18-4-3-5-19(28-2)17(18)13-26(21(23)24)20-12-15(10-11-25-20)14-6-8-16(22)9-7-14/h3-12H,13H2,1-2H3,(H3,23,24). The van der Waals surface area contributed by atoms with Gasteiger partial charge in [0, 0.05) is 6.20 Å². The Morgan fingerprint density at radius 3 is 2.25 bits per heavy atom. The lowest BCUT2D eigenvalue weighted by Gasteiger charge is -2.24. The third-order valence-electron chi connectivity index (χ3n) is 4.34. The van der Waals surface area contributed by atoms with Gasteiger partial charge in [0.2, 0.25) is 0 Å². The third kappa shape index (κ3) is 4.03. The van der Waals surface area contributed by atoms with E-state index in [0.717, 1.165) is 16.7 Å². The minimum atomic E-state index is -0.299. The van der Waals surface area contributed by atoms with Crippen LogP contribution in [0, 0.1) is 11.2 Å². The van der Waals surface area contributed by atoms with Gasteiger partial charge in [0.15, 0.2) is 5.96 Å². The second-order valence-corrected chi connectivity index (χ2v) is 6.02. The highest BCUT2D eigenvalue weighted by atomic mass is 19.1. The van der Waals surface area contributed by atoms with E-state index in [-0.39, 0.29) is 18.3 Å². The number of aromatic nitrogens is 1. The maximum atomic E-state index is 13.2. The first-order chi connectivity index (χ1) is 13.5. The Hall–Kier alpha value is -3.61. The number of methoxy groups -OCH3 is 2. The minimum Gasteiger partial charge on any atom is -0.496 e. The van der Waals surface area contributed by atoms with E-state index in [1.807, 2.05) is 24.3 Å². The number of halogens is 1. The Balaban J connectivity index is 1.99. The zero-order valence-corrected chi connectivity index (χ0v) is 15.6. The highest BCUT2D eigenvalue weighted by Crippen LogP contribution is 2.31. The molecule has 0 bridgehead atoms. The van der Waals surface area contributed by atoms with Gasteiger partial charge in [-0.25, -0.2) is 9.37 Å². The zero-order chi connectivity index (χ0) is 20.1. The van der Waals surface area contributed by atoms with E-state index in [1.54, 1.807) is 43.5 Å². The summed E-state index contributed by atoms with van der Waals surface area (Å²) in [6.07, 6.45) is 1.63. The molecule has 0 aliphatic rings. The fourth-order valence-electron chi connectivity index (χ4n) is 2.92. The molecule has 3 aromatic rings. The molecule has 2 aromatic carbocycles. The van der Waals surface area contributed by atoms with Gasteiger partial charge >= 0.3 is 0 Å². The maximum absolute atomic E-state index is 13.2. The lowest BCUT2D eigenvalue weighted by molar-refractivity contribution is 0.385. The normalized spacial score (nSPS) is 10.4. The van der Waals surface area contributed by atoms with Gasteiger partial charge in [-0.1, -0.05) is 18.2 Å². The Bertz CT molecular complexity index is 954. The summed E-state index contributed by atoms with van der Waals surface area (Å²) in [6.45, 7) is 0.238. The summed E-state index contributed by atoms with van der Waals surface area (Å²) in [4.78, 5) is 5.91. The van der Waals surface area contributed by atoms with Crippen LogP contribution >= 0.6 is 0 Å². The summed E-state index contributed by atoms with van der Waals surface area (Å²) in [5, 5.41) is 8.03. The fourth-order valence-corrected chi connectivity index (χ4v) is 2.92. The quantitative estimate of drug-likeness (QED) is 0.502. The minimum absolute atomic E-state index is 0.170. The van der Waals surface area contributed by atoms with Gasteiger partial charge in [0.1, 0.15) is 23.1 Å². The molecule has 0 spiro atoms. The number of hydrogen-bond donors (Lipinski definition) is 2. The molecular weight excluding hydrogens is 359 g/mol. The van der Waals surface area contributed by atoms with E-state index in [2.05, 4.69) is 4.98 Å². The summed E-state index contributed by atoms with van der Waals surface area (Å²) in [5.41, 5.74) is 8.27. The molecule has 7 heteroatoms. The number of hydrogen-bond acceptors (Lipinski definition) is 4. The van der Waals surface area contributed by atoms with Crippen LogP contribution in [0.5, 0.6) is 11.5 Å². The number of rotatable bonds is 6. The van der Waals surface area contributed by atoms with Crippen molar-refractivity contribution in [3.8, 4) is 22.6 Å². The smallest absolute Gasteiger partial charge is 0.194 e. The highest BCUT2D eigenvalue weighted by molar-refractivity contribution is 5.92. The molecule has 0 aliphatic carbocycles. The Morgan fingerprint density at radius 1 is 1.04 bits per heavy atom. The van der Waals surface area contributed by atoms with Gasteiger partial charge in [-0.2, -0.15) is 0 Å². The highest BCUT2D eigenvalue weighted by Gasteiger charge is 2.18. The Morgan fingerprint density at radius 2 is 1.68 bits per heavy atom. The number of benzene rings is 2. The van der Waals surface area contributed by atoms with Gasteiger partial charge in [-0.3, -0.25) is 10.3 Å². The molecule has 3 rings (SSSR count). The van der Waals surface area contributed by atoms with E-state index in [0.29, 0.717) is 17.3 Å². The van der Waals surface area contributed by atoms with Gasteiger partial charge < -0.3 is 15.2 Å². The Kier molecular flexibility index (Phi) is 5.74. The molecule has 1 aromatic heterocycles. The van der Waals surface area contributed by atoms with Gasteiger partial charge in [-0.15, -0.1) is 0 Å². The van der Waals surface area contributed by atoms with Gasteiger partial charge in [0.25, 0.3) is 0 Å². The molecule has 3 N–H and O–H groups in total. The first-order valence-electron chi connectivity index (χ1n) is 8.57.